The monoisotopic (exact) mass is 493 g/mol. The van der Waals surface area contributed by atoms with E-state index >= 15 is 0 Å². The van der Waals surface area contributed by atoms with E-state index in [2.05, 4.69) is 15.4 Å². The standard InChI is InChI=1S/C24H23N5O7/c1-34-18-5-4-12(9-19(18)35-2)13-6-15-21(17(30)8-13)22(28-24(27-15)25-11-26-28)14-7-16(29(32)33)23(31)20(10-14)36-3/h4-5,7,9-11,13,22,31H,6,8H2,1-3H3,(H,25,26,27)/t13-,22+/m1/s1. The second-order valence-electron chi connectivity index (χ2n) is 8.44. The zero-order chi connectivity index (χ0) is 25.6. The molecule has 0 saturated carbocycles. The van der Waals surface area contributed by atoms with Gasteiger partial charge in [-0.3, -0.25) is 14.9 Å². The van der Waals surface area contributed by atoms with Gasteiger partial charge in [-0.15, -0.1) is 0 Å². The van der Waals surface area contributed by atoms with E-state index in [1.165, 1.54) is 30.3 Å². The van der Waals surface area contributed by atoms with Crippen molar-refractivity contribution < 1.29 is 29.0 Å². The van der Waals surface area contributed by atoms with E-state index in [4.69, 9.17) is 14.2 Å². The number of fused-ring (bicyclic) bond motifs is 1. The van der Waals surface area contributed by atoms with E-state index in [-0.39, 0.29) is 23.9 Å². The molecule has 2 aliphatic rings. The number of hydrogen-bond acceptors (Lipinski definition) is 10. The minimum absolute atomic E-state index is 0.0759. The summed E-state index contributed by atoms with van der Waals surface area (Å²) in [7, 11) is 4.42. The van der Waals surface area contributed by atoms with Crippen LogP contribution in [0.1, 0.15) is 35.9 Å². The Morgan fingerprint density at radius 2 is 1.78 bits per heavy atom. The van der Waals surface area contributed by atoms with Crippen LogP contribution in [-0.4, -0.2) is 51.9 Å². The number of allylic oxidation sites excluding steroid dienone is 2. The molecule has 2 atom stereocenters. The first-order valence-corrected chi connectivity index (χ1v) is 11.1. The molecule has 0 bridgehead atoms. The van der Waals surface area contributed by atoms with Crippen molar-refractivity contribution in [1.29, 1.82) is 0 Å². The summed E-state index contributed by atoms with van der Waals surface area (Å²) in [5, 5.41) is 29.3. The van der Waals surface area contributed by atoms with E-state index in [0.717, 1.165) is 5.56 Å². The molecule has 186 valence electrons. The predicted molar refractivity (Wildman–Crippen MR) is 127 cm³/mol. The van der Waals surface area contributed by atoms with Crippen LogP contribution in [0.2, 0.25) is 0 Å². The van der Waals surface area contributed by atoms with Crippen LogP contribution in [0.25, 0.3) is 0 Å². The molecule has 12 heteroatoms. The Balaban J connectivity index is 1.61. The molecule has 1 aliphatic heterocycles. The van der Waals surface area contributed by atoms with Gasteiger partial charge in [0.05, 0.1) is 26.3 Å². The lowest BCUT2D eigenvalue weighted by atomic mass is 9.77. The quantitative estimate of drug-likeness (QED) is 0.386. The van der Waals surface area contributed by atoms with Crippen molar-refractivity contribution in [2.45, 2.75) is 24.8 Å². The van der Waals surface area contributed by atoms with Gasteiger partial charge < -0.3 is 24.6 Å². The van der Waals surface area contributed by atoms with Gasteiger partial charge in [0.1, 0.15) is 12.4 Å². The van der Waals surface area contributed by atoms with Crippen LogP contribution in [0.3, 0.4) is 0 Å². The molecule has 3 aromatic rings. The third kappa shape index (κ3) is 3.67. The number of Topliss-reactive ketones (excluding diaryl/α,β-unsaturated/α-hetero) is 1. The lowest BCUT2D eigenvalue weighted by Crippen LogP contribution is -2.33. The number of carbonyl (C=O) groups excluding carboxylic acids is 1. The van der Waals surface area contributed by atoms with Crippen molar-refractivity contribution in [3.8, 4) is 23.0 Å². The highest BCUT2D eigenvalue weighted by Crippen LogP contribution is 2.47. The molecule has 0 fully saturated rings. The third-order valence-electron chi connectivity index (χ3n) is 6.55. The number of phenolic OH excluding ortho intramolecular Hbond substituents is 1. The summed E-state index contributed by atoms with van der Waals surface area (Å²) in [6.07, 6.45) is 2.06. The summed E-state index contributed by atoms with van der Waals surface area (Å²) in [6.45, 7) is 0. The maximum absolute atomic E-state index is 13.6. The molecule has 0 amide bonds. The number of benzene rings is 2. The molecule has 1 aromatic heterocycles. The van der Waals surface area contributed by atoms with Crippen molar-refractivity contribution >= 4 is 17.4 Å². The van der Waals surface area contributed by atoms with Crippen LogP contribution < -0.4 is 19.5 Å². The average Bonchev–Trinajstić information content (AvgIpc) is 3.35. The second kappa shape index (κ2) is 8.87. The molecule has 1 aliphatic carbocycles. The van der Waals surface area contributed by atoms with Crippen LogP contribution in [0, 0.1) is 10.1 Å². The zero-order valence-electron chi connectivity index (χ0n) is 19.7. The molecule has 2 heterocycles. The Kier molecular flexibility index (Phi) is 5.71. The van der Waals surface area contributed by atoms with Crippen LogP contribution in [-0.2, 0) is 4.79 Å². The largest absolute Gasteiger partial charge is 0.500 e. The Morgan fingerprint density at radius 1 is 1.06 bits per heavy atom. The molecule has 0 spiro atoms. The van der Waals surface area contributed by atoms with Gasteiger partial charge in [-0.1, -0.05) is 6.07 Å². The number of anilines is 1. The number of hydrogen-bond donors (Lipinski definition) is 2. The number of nitrogens with one attached hydrogen (secondary N) is 1. The first-order valence-electron chi connectivity index (χ1n) is 11.1. The van der Waals surface area contributed by atoms with Crippen molar-refractivity contribution in [2.75, 3.05) is 26.6 Å². The molecule has 2 aromatic carbocycles. The Hall–Kier alpha value is -4.61. The number of nitrogens with zero attached hydrogens (tertiary/aromatic N) is 4. The first-order chi connectivity index (χ1) is 17.4. The molecule has 36 heavy (non-hydrogen) atoms. The maximum atomic E-state index is 13.6. The highest BCUT2D eigenvalue weighted by molar-refractivity contribution is 6.00. The number of nitro groups is 1. The summed E-state index contributed by atoms with van der Waals surface area (Å²) in [4.78, 5) is 28.8. The summed E-state index contributed by atoms with van der Waals surface area (Å²) >= 11 is 0. The zero-order valence-corrected chi connectivity index (χ0v) is 19.7. The number of rotatable bonds is 6. The van der Waals surface area contributed by atoms with Gasteiger partial charge in [0.2, 0.25) is 11.7 Å². The van der Waals surface area contributed by atoms with E-state index in [1.807, 2.05) is 12.1 Å². The molecule has 12 nitrogen and oxygen atoms in total. The van der Waals surface area contributed by atoms with Gasteiger partial charge in [-0.05, 0) is 41.7 Å². The van der Waals surface area contributed by atoms with Crippen molar-refractivity contribution in [1.82, 2.24) is 14.8 Å². The maximum Gasteiger partial charge on any atom is 0.315 e. The number of phenols is 1. The van der Waals surface area contributed by atoms with Crippen LogP contribution >= 0.6 is 0 Å². The second-order valence-corrected chi connectivity index (χ2v) is 8.44. The first kappa shape index (κ1) is 23.1. The van der Waals surface area contributed by atoms with Crippen LogP contribution in [0.4, 0.5) is 11.6 Å². The Morgan fingerprint density at radius 3 is 2.47 bits per heavy atom. The molecule has 2 N–H and O–H groups in total. The van der Waals surface area contributed by atoms with E-state index in [1.54, 1.807) is 20.3 Å². The smallest absolute Gasteiger partial charge is 0.315 e. The lowest BCUT2D eigenvalue weighted by molar-refractivity contribution is -0.386. The minimum Gasteiger partial charge on any atom is -0.500 e. The number of ketones is 1. The number of methoxy groups -OCH3 is 3. The number of aromatic hydroxyl groups is 1. The number of aromatic nitrogens is 3. The fourth-order valence-corrected chi connectivity index (χ4v) is 4.87. The van der Waals surface area contributed by atoms with Gasteiger partial charge in [0, 0.05) is 23.8 Å². The normalized spacial score (nSPS) is 18.7. The molecule has 0 radical (unpaired) electrons. The molecular formula is C24H23N5O7. The fourth-order valence-electron chi connectivity index (χ4n) is 4.87. The van der Waals surface area contributed by atoms with Crippen molar-refractivity contribution in [3.05, 3.63) is 69.2 Å². The molecular weight excluding hydrogens is 470 g/mol. The highest BCUT2D eigenvalue weighted by Gasteiger charge is 2.40. The van der Waals surface area contributed by atoms with Crippen molar-refractivity contribution in [2.24, 2.45) is 0 Å². The average molecular weight is 493 g/mol. The Labute approximate surface area is 205 Å². The Bertz CT molecular complexity index is 1410. The van der Waals surface area contributed by atoms with E-state index in [0.29, 0.717) is 40.7 Å². The van der Waals surface area contributed by atoms with E-state index in [9.17, 15) is 20.0 Å². The van der Waals surface area contributed by atoms with Gasteiger partial charge >= 0.3 is 5.69 Å². The highest BCUT2D eigenvalue weighted by atomic mass is 16.6. The molecule has 0 unspecified atom stereocenters. The lowest BCUT2D eigenvalue weighted by Gasteiger charge is -2.35. The summed E-state index contributed by atoms with van der Waals surface area (Å²) < 4.78 is 17.4. The number of ether oxygens (including phenoxy) is 3. The third-order valence-corrected chi connectivity index (χ3v) is 6.55. The molecule has 0 saturated heterocycles. The SMILES string of the molecule is COc1ccc([C@H]2CC(=O)C3=C(C2)Nc2ncnn2[C@H]3c2cc(OC)c(O)c([N+](=O)[O-])c2)cc1OC. The van der Waals surface area contributed by atoms with E-state index < -0.39 is 22.4 Å². The van der Waals surface area contributed by atoms with Gasteiger partial charge in [0.25, 0.3) is 0 Å². The van der Waals surface area contributed by atoms with Crippen LogP contribution in [0.15, 0.2) is 47.9 Å². The van der Waals surface area contributed by atoms with Crippen molar-refractivity contribution in [3.63, 3.8) is 0 Å². The number of carbonyl (C=O) groups is 1. The summed E-state index contributed by atoms with van der Waals surface area (Å²) in [6, 6.07) is 7.49. The van der Waals surface area contributed by atoms with Gasteiger partial charge in [0.15, 0.2) is 23.0 Å². The minimum atomic E-state index is -0.786. The van der Waals surface area contributed by atoms with Gasteiger partial charge in [-0.25, -0.2) is 4.68 Å². The molecule has 5 rings (SSSR count). The van der Waals surface area contributed by atoms with Crippen LogP contribution in [0.5, 0.6) is 23.0 Å². The fraction of sp³-hybridized carbons (Fsp3) is 0.292. The van der Waals surface area contributed by atoms with Gasteiger partial charge in [-0.2, -0.15) is 10.1 Å². The number of nitro benzene ring substituents is 1. The summed E-state index contributed by atoms with van der Waals surface area (Å²) in [5.74, 6) is 0.626. The summed E-state index contributed by atoms with van der Waals surface area (Å²) in [5.41, 5.74) is 1.85. The topological polar surface area (TPSA) is 151 Å². The predicted octanol–water partition coefficient (Wildman–Crippen LogP) is 3.33.